The van der Waals surface area contributed by atoms with Gasteiger partial charge in [-0.25, -0.2) is 29.4 Å². The number of hydrogen-bond acceptors (Lipinski definition) is 7. The second-order valence-electron chi connectivity index (χ2n) is 11.1. The van der Waals surface area contributed by atoms with Crippen molar-refractivity contribution in [1.29, 1.82) is 0 Å². The van der Waals surface area contributed by atoms with Crippen LogP contribution >= 0.6 is 0 Å². The summed E-state index contributed by atoms with van der Waals surface area (Å²) >= 11 is 0. The molecule has 4 aromatic rings. The number of rotatable bonds is 9. The standard InChI is InChI=1S/C32H33N7O5/c1-2-3-17-37-21-34-25(27(37)28(41)42)20-36-18-14-32(15-19-36)29(43)38(31(44)39(32)30-33-16-13-26(40)35-30)24-11-9-23(10-12-24)22-7-5-4-6-8-22/h4-13,16,21H,2-3,14-15,17-20H2,1H3,(H,41,42)(H,33,35,40). The number of carboxylic acid groups (broad SMARTS) is 1. The summed E-state index contributed by atoms with van der Waals surface area (Å²) in [6, 6.07) is 17.7. The van der Waals surface area contributed by atoms with Crippen molar-refractivity contribution in [2.75, 3.05) is 22.9 Å². The van der Waals surface area contributed by atoms with E-state index in [4.69, 9.17) is 0 Å². The Bertz CT molecular complexity index is 1740. The Morgan fingerprint density at radius 1 is 0.955 bits per heavy atom. The van der Waals surface area contributed by atoms with E-state index in [1.807, 2.05) is 54.3 Å². The van der Waals surface area contributed by atoms with Crippen LogP contribution < -0.4 is 15.4 Å². The average molecular weight is 596 g/mol. The molecule has 0 saturated carbocycles. The number of carboxylic acids is 1. The highest BCUT2D eigenvalue weighted by atomic mass is 16.4. The molecule has 0 aliphatic carbocycles. The van der Waals surface area contributed by atoms with Gasteiger partial charge in [0.15, 0.2) is 5.69 Å². The van der Waals surface area contributed by atoms with Crippen molar-refractivity contribution >= 4 is 29.5 Å². The molecular formula is C32H33N7O5. The highest BCUT2D eigenvalue weighted by Crippen LogP contribution is 2.41. The molecule has 2 aromatic heterocycles. The fourth-order valence-corrected chi connectivity index (χ4v) is 6.12. The van der Waals surface area contributed by atoms with Gasteiger partial charge in [-0.05, 0) is 42.5 Å². The van der Waals surface area contributed by atoms with Gasteiger partial charge in [0.2, 0.25) is 5.95 Å². The Labute approximate surface area is 253 Å². The lowest BCUT2D eigenvalue weighted by atomic mass is 9.85. The third kappa shape index (κ3) is 5.17. The van der Waals surface area contributed by atoms with Crippen LogP contribution in [-0.4, -0.2) is 66.1 Å². The van der Waals surface area contributed by atoms with Crippen LogP contribution in [0.3, 0.4) is 0 Å². The number of benzene rings is 2. The van der Waals surface area contributed by atoms with E-state index >= 15 is 0 Å². The summed E-state index contributed by atoms with van der Waals surface area (Å²) in [5.74, 6) is -1.41. The maximum atomic E-state index is 14.3. The maximum absolute atomic E-state index is 14.3. The molecule has 0 atom stereocenters. The number of H-pyrrole nitrogens is 1. The smallest absolute Gasteiger partial charge is 0.354 e. The van der Waals surface area contributed by atoms with Gasteiger partial charge in [-0.3, -0.25) is 19.5 Å². The summed E-state index contributed by atoms with van der Waals surface area (Å²) in [6.45, 7) is 3.71. The lowest BCUT2D eigenvalue weighted by Crippen LogP contribution is -2.57. The number of aromatic carboxylic acids is 1. The van der Waals surface area contributed by atoms with Crippen LogP contribution in [0.1, 0.15) is 48.8 Å². The number of piperidine rings is 1. The maximum Gasteiger partial charge on any atom is 0.354 e. The van der Waals surface area contributed by atoms with Gasteiger partial charge in [-0.15, -0.1) is 0 Å². The van der Waals surface area contributed by atoms with Gasteiger partial charge in [0.25, 0.3) is 11.5 Å². The van der Waals surface area contributed by atoms with Crippen molar-refractivity contribution in [2.45, 2.75) is 51.2 Å². The predicted octanol–water partition coefficient (Wildman–Crippen LogP) is 4.14. The van der Waals surface area contributed by atoms with Crippen LogP contribution in [0.4, 0.5) is 16.4 Å². The summed E-state index contributed by atoms with van der Waals surface area (Å²) in [7, 11) is 0. The number of aromatic amines is 1. The van der Waals surface area contributed by atoms with E-state index in [-0.39, 0.29) is 24.5 Å². The van der Waals surface area contributed by atoms with E-state index in [0.29, 0.717) is 37.6 Å². The first-order chi connectivity index (χ1) is 21.3. The molecule has 0 bridgehead atoms. The minimum atomic E-state index is -1.28. The van der Waals surface area contributed by atoms with Crippen molar-refractivity contribution in [2.24, 2.45) is 0 Å². The number of likely N-dealkylation sites (tertiary alicyclic amines) is 1. The molecule has 2 aliphatic heterocycles. The average Bonchev–Trinajstić information content (AvgIpc) is 3.53. The molecule has 12 nitrogen and oxygen atoms in total. The zero-order chi connectivity index (χ0) is 30.8. The van der Waals surface area contributed by atoms with E-state index in [1.165, 1.54) is 17.2 Å². The largest absolute Gasteiger partial charge is 0.477 e. The molecule has 0 radical (unpaired) electrons. The molecule has 4 heterocycles. The van der Waals surface area contributed by atoms with Crippen molar-refractivity contribution in [3.63, 3.8) is 0 Å². The van der Waals surface area contributed by atoms with E-state index in [1.54, 1.807) is 23.0 Å². The first kappa shape index (κ1) is 29.0. The van der Waals surface area contributed by atoms with Crippen LogP contribution in [0.25, 0.3) is 11.1 Å². The Morgan fingerprint density at radius 3 is 2.32 bits per heavy atom. The van der Waals surface area contributed by atoms with Crippen LogP contribution in [0.15, 0.2) is 78.0 Å². The number of hydrogen-bond donors (Lipinski definition) is 2. The third-order valence-corrected chi connectivity index (χ3v) is 8.44. The number of amides is 3. The highest BCUT2D eigenvalue weighted by molar-refractivity contribution is 6.30. The number of nitrogens with zero attached hydrogens (tertiary/aromatic N) is 6. The lowest BCUT2D eigenvalue weighted by molar-refractivity contribution is -0.123. The van der Waals surface area contributed by atoms with Crippen LogP contribution in [0.2, 0.25) is 0 Å². The van der Waals surface area contributed by atoms with E-state index in [9.17, 15) is 24.3 Å². The normalized spacial score (nSPS) is 16.7. The zero-order valence-corrected chi connectivity index (χ0v) is 24.3. The second kappa shape index (κ2) is 11.9. The minimum absolute atomic E-state index is 0.00976. The first-order valence-corrected chi connectivity index (χ1v) is 14.7. The molecule has 2 N–H and O–H groups in total. The topological polar surface area (TPSA) is 145 Å². The highest BCUT2D eigenvalue weighted by Gasteiger charge is 2.60. The summed E-state index contributed by atoms with van der Waals surface area (Å²) in [6.07, 6.45) is 5.17. The molecule has 2 aromatic carbocycles. The molecule has 226 valence electrons. The lowest BCUT2D eigenvalue weighted by Gasteiger charge is -2.41. The molecule has 0 unspecified atom stereocenters. The monoisotopic (exact) mass is 595 g/mol. The van der Waals surface area contributed by atoms with Gasteiger partial charge in [0.05, 0.1) is 17.7 Å². The molecule has 2 aliphatic rings. The van der Waals surface area contributed by atoms with E-state index < -0.39 is 29.0 Å². The SMILES string of the molecule is CCCCn1cnc(CN2CCC3(CC2)C(=O)N(c2ccc(-c4ccccc4)cc2)C(=O)N3c2nccc(=O)[nH]2)c1C(=O)O. The Hall–Kier alpha value is -5.10. The molecule has 2 saturated heterocycles. The van der Waals surface area contributed by atoms with Crippen LogP contribution in [0.5, 0.6) is 0 Å². The molecule has 2 fully saturated rings. The first-order valence-electron chi connectivity index (χ1n) is 14.7. The number of carbonyl (C=O) groups is 3. The Kier molecular flexibility index (Phi) is 7.83. The molecule has 1 spiro atoms. The van der Waals surface area contributed by atoms with Gasteiger partial charge >= 0.3 is 12.0 Å². The second-order valence-corrected chi connectivity index (χ2v) is 11.1. The Balaban J connectivity index is 1.28. The summed E-state index contributed by atoms with van der Waals surface area (Å²) in [4.78, 5) is 68.4. The van der Waals surface area contributed by atoms with Crippen molar-refractivity contribution < 1.29 is 19.5 Å². The molecule has 6 rings (SSSR count). The van der Waals surface area contributed by atoms with Gasteiger partial charge in [-0.1, -0.05) is 55.8 Å². The number of aryl methyl sites for hydroxylation is 1. The van der Waals surface area contributed by atoms with E-state index in [2.05, 4.69) is 15.0 Å². The molecule has 12 heteroatoms. The summed E-state index contributed by atoms with van der Waals surface area (Å²) in [5.41, 5.74) is 1.29. The van der Waals surface area contributed by atoms with Crippen molar-refractivity contribution in [1.82, 2.24) is 24.4 Å². The predicted molar refractivity (Wildman–Crippen MR) is 163 cm³/mol. The number of carbonyl (C=O) groups excluding carboxylic acids is 2. The number of unbranched alkanes of at least 4 members (excludes halogenated alkanes) is 1. The van der Waals surface area contributed by atoms with Crippen LogP contribution in [-0.2, 0) is 17.9 Å². The van der Waals surface area contributed by atoms with Gasteiger partial charge < -0.3 is 9.67 Å². The number of anilines is 2. The number of nitrogens with one attached hydrogen (secondary N) is 1. The Morgan fingerprint density at radius 2 is 1.66 bits per heavy atom. The van der Waals surface area contributed by atoms with E-state index in [0.717, 1.165) is 28.9 Å². The number of imide groups is 1. The number of urea groups is 1. The molecule has 3 amide bonds. The fourth-order valence-electron chi connectivity index (χ4n) is 6.12. The number of imidazole rings is 1. The van der Waals surface area contributed by atoms with Crippen LogP contribution in [0, 0.1) is 0 Å². The van der Waals surface area contributed by atoms with Gasteiger partial charge in [0.1, 0.15) is 5.54 Å². The quantitative estimate of drug-likeness (QED) is 0.275. The summed E-state index contributed by atoms with van der Waals surface area (Å²) in [5, 5.41) is 9.89. The minimum Gasteiger partial charge on any atom is -0.477 e. The van der Waals surface area contributed by atoms with Gasteiger partial charge in [0, 0.05) is 38.4 Å². The molecule has 44 heavy (non-hydrogen) atoms. The van der Waals surface area contributed by atoms with Crippen molar-refractivity contribution in [3.8, 4) is 11.1 Å². The van der Waals surface area contributed by atoms with Gasteiger partial charge in [-0.2, -0.15) is 0 Å². The number of aromatic nitrogens is 4. The zero-order valence-electron chi connectivity index (χ0n) is 24.3. The fraction of sp³-hybridized carbons (Fsp3) is 0.312. The summed E-state index contributed by atoms with van der Waals surface area (Å²) < 4.78 is 1.67. The van der Waals surface area contributed by atoms with Crippen molar-refractivity contribution in [3.05, 3.63) is 94.9 Å². The third-order valence-electron chi connectivity index (χ3n) is 8.44. The molecular weight excluding hydrogens is 562 g/mol.